The van der Waals surface area contributed by atoms with Gasteiger partial charge >= 0.3 is 0 Å². The highest BCUT2D eigenvalue weighted by atomic mass is 32.2. The minimum absolute atomic E-state index is 0.176. The van der Waals surface area contributed by atoms with Crippen LogP contribution in [0.4, 0.5) is 0 Å². The number of hydrogen-bond acceptors (Lipinski definition) is 6. The molecule has 5 nitrogen and oxygen atoms in total. The molecule has 0 fully saturated rings. The summed E-state index contributed by atoms with van der Waals surface area (Å²) in [5.74, 6) is 0.618. The van der Waals surface area contributed by atoms with Crippen molar-refractivity contribution in [2.45, 2.75) is 24.5 Å². The van der Waals surface area contributed by atoms with E-state index in [4.69, 9.17) is 4.74 Å². The number of rotatable bonds is 7. The van der Waals surface area contributed by atoms with Crippen LogP contribution in [0.2, 0.25) is 0 Å². The zero-order valence-electron chi connectivity index (χ0n) is 14.3. The van der Waals surface area contributed by atoms with Gasteiger partial charge in [-0.1, -0.05) is 6.07 Å². The summed E-state index contributed by atoms with van der Waals surface area (Å²) in [6.45, 7) is 1.91. The predicted octanol–water partition coefficient (Wildman–Crippen LogP) is 3.69. The molecule has 3 rings (SSSR count). The van der Waals surface area contributed by atoms with Gasteiger partial charge in [0.25, 0.3) is 0 Å². The minimum Gasteiger partial charge on any atom is -0.497 e. The normalized spacial score (nSPS) is 12.9. The number of aliphatic hydroxyl groups excluding tert-OH is 1. The van der Waals surface area contributed by atoms with E-state index >= 15 is 0 Å². The number of nitrogens with one attached hydrogen (secondary N) is 1. The van der Waals surface area contributed by atoms with Crippen molar-refractivity contribution in [2.75, 3.05) is 7.11 Å². The van der Waals surface area contributed by atoms with Crippen molar-refractivity contribution >= 4 is 32.7 Å². The summed E-state index contributed by atoms with van der Waals surface area (Å²) in [6.07, 6.45) is -0.672. The van der Waals surface area contributed by atoms with Crippen LogP contribution in [0.1, 0.15) is 26.3 Å². The first-order chi connectivity index (χ1) is 12.4. The van der Waals surface area contributed by atoms with Crippen LogP contribution in [0.5, 0.6) is 5.75 Å². The largest absolute Gasteiger partial charge is 0.497 e. The van der Waals surface area contributed by atoms with Crippen molar-refractivity contribution in [3.05, 3.63) is 68.0 Å². The van der Waals surface area contributed by atoms with Gasteiger partial charge in [-0.05, 0) is 54.3 Å². The quantitative estimate of drug-likeness (QED) is 0.624. The third kappa shape index (κ3) is 4.16. The van der Waals surface area contributed by atoms with E-state index in [1.54, 1.807) is 26.2 Å². The number of ether oxygens (including phenoxy) is 1. The maximum Gasteiger partial charge on any atom is 0.241 e. The molecule has 2 aromatic heterocycles. The first kappa shape index (κ1) is 19.1. The van der Waals surface area contributed by atoms with E-state index in [1.165, 1.54) is 28.7 Å². The summed E-state index contributed by atoms with van der Waals surface area (Å²) in [5, 5.41) is 12.3. The van der Waals surface area contributed by atoms with Gasteiger partial charge in [-0.15, -0.1) is 22.7 Å². The predicted molar refractivity (Wildman–Crippen MR) is 104 cm³/mol. The lowest BCUT2D eigenvalue weighted by Gasteiger charge is -2.10. The topological polar surface area (TPSA) is 75.6 Å². The third-order valence-electron chi connectivity index (χ3n) is 3.87. The molecular formula is C18H19NO4S3. The average Bonchev–Trinajstić information content (AvgIpc) is 3.31. The highest BCUT2D eigenvalue weighted by Gasteiger charge is 2.18. The zero-order chi connectivity index (χ0) is 18.7. The summed E-state index contributed by atoms with van der Waals surface area (Å²) in [5.41, 5.74) is 0.622. The average molecular weight is 410 g/mol. The summed E-state index contributed by atoms with van der Waals surface area (Å²) in [7, 11) is -2.09. The molecule has 0 spiro atoms. The smallest absolute Gasteiger partial charge is 0.241 e. The molecule has 0 saturated heterocycles. The molecule has 0 aliphatic heterocycles. The second kappa shape index (κ2) is 7.89. The Labute approximate surface area is 161 Å². The summed E-state index contributed by atoms with van der Waals surface area (Å²) in [6, 6.07) is 12.3. The standard InChI is InChI=1S/C18H19NO4S3/c1-12-10-13(23-2)5-8-17(12)26(21,22)19-11-14-6-7-16(25-14)18(20)15-4-3-9-24-15/h3-10,18-20H,11H2,1-2H3. The molecule has 26 heavy (non-hydrogen) atoms. The van der Waals surface area contributed by atoms with E-state index in [0.29, 0.717) is 11.3 Å². The van der Waals surface area contributed by atoms with E-state index in [-0.39, 0.29) is 11.4 Å². The van der Waals surface area contributed by atoms with Crippen molar-refractivity contribution in [3.8, 4) is 5.75 Å². The molecule has 0 aliphatic rings. The molecule has 0 radical (unpaired) electrons. The Kier molecular flexibility index (Phi) is 5.79. The first-order valence-corrected chi connectivity index (χ1v) is 11.0. The van der Waals surface area contributed by atoms with Crippen LogP contribution in [-0.2, 0) is 16.6 Å². The number of benzene rings is 1. The van der Waals surface area contributed by atoms with Crippen LogP contribution < -0.4 is 9.46 Å². The lowest BCUT2D eigenvalue weighted by atomic mass is 10.2. The second-order valence-electron chi connectivity index (χ2n) is 5.68. The zero-order valence-corrected chi connectivity index (χ0v) is 16.7. The molecule has 3 aromatic rings. The van der Waals surface area contributed by atoms with Crippen LogP contribution in [0.15, 0.2) is 52.7 Å². The molecule has 1 aromatic carbocycles. The highest BCUT2D eigenvalue weighted by Crippen LogP contribution is 2.31. The van der Waals surface area contributed by atoms with Crippen molar-refractivity contribution < 1.29 is 18.3 Å². The maximum atomic E-state index is 12.6. The fourth-order valence-corrected chi connectivity index (χ4v) is 5.60. The molecule has 0 aliphatic carbocycles. The monoisotopic (exact) mass is 409 g/mol. The van der Waals surface area contributed by atoms with Crippen molar-refractivity contribution in [1.29, 1.82) is 0 Å². The van der Waals surface area contributed by atoms with Gasteiger partial charge in [0.1, 0.15) is 11.9 Å². The molecule has 1 atom stereocenters. The lowest BCUT2D eigenvalue weighted by Crippen LogP contribution is -2.23. The Hall–Kier alpha value is -1.71. The first-order valence-electron chi connectivity index (χ1n) is 7.85. The molecule has 2 heterocycles. The molecule has 0 bridgehead atoms. The van der Waals surface area contributed by atoms with Gasteiger partial charge in [0, 0.05) is 21.2 Å². The van der Waals surface area contributed by atoms with E-state index in [9.17, 15) is 13.5 Å². The number of hydrogen-bond donors (Lipinski definition) is 2. The summed E-state index contributed by atoms with van der Waals surface area (Å²) in [4.78, 5) is 2.73. The number of sulfonamides is 1. The molecular weight excluding hydrogens is 390 g/mol. The SMILES string of the molecule is COc1ccc(S(=O)(=O)NCc2ccc(C(O)c3cccs3)s2)c(C)c1. The third-order valence-corrected chi connectivity index (χ3v) is 7.50. The van der Waals surface area contributed by atoms with Gasteiger partial charge in [-0.3, -0.25) is 0 Å². The lowest BCUT2D eigenvalue weighted by molar-refractivity contribution is 0.228. The van der Waals surface area contributed by atoms with E-state index in [0.717, 1.165) is 14.6 Å². The van der Waals surface area contributed by atoms with E-state index in [2.05, 4.69) is 4.72 Å². The Balaban J connectivity index is 1.71. The minimum atomic E-state index is -3.63. The Morgan fingerprint density at radius 1 is 1.19 bits per heavy atom. The van der Waals surface area contributed by atoms with Gasteiger partial charge in [0.2, 0.25) is 10.0 Å². The second-order valence-corrected chi connectivity index (χ2v) is 9.59. The number of methoxy groups -OCH3 is 1. The van der Waals surface area contributed by atoms with Crippen molar-refractivity contribution in [3.63, 3.8) is 0 Å². The van der Waals surface area contributed by atoms with Gasteiger partial charge in [0.05, 0.1) is 12.0 Å². The summed E-state index contributed by atoms with van der Waals surface area (Å²) < 4.78 is 32.8. The summed E-state index contributed by atoms with van der Waals surface area (Å²) >= 11 is 2.88. The van der Waals surface area contributed by atoms with E-state index in [1.807, 2.05) is 29.6 Å². The molecule has 2 N–H and O–H groups in total. The molecule has 8 heteroatoms. The fourth-order valence-electron chi connectivity index (χ4n) is 2.52. The van der Waals surface area contributed by atoms with Crippen LogP contribution in [0, 0.1) is 6.92 Å². The van der Waals surface area contributed by atoms with Crippen LogP contribution in [0.3, 0.4) is 0 Å². The van der Waals surface area contributed by atoms with Crippen molar-refractivity contribution in [1.82, 2.24) is 4.72 Å². The number of aliphatic hydroxyl groups is 1. The highest BCUT2D eigenvalue weighted by molar-refractivity contribution is 7.89. The molecule has 1 unspecified atom stereocenters. The number of thiophene rings is 2. The van der Waals surface area contributed by atoms with Crippen LogP contribution in [-0.4, -0.2) is 20.6 Å². The van der Waals surface area contributed by atoms with Gasteiger partial charge in [0.15, 0.2) is 0 Å². The Bertz CT molecular complexity index is 978. The number of aryl methyl sites for hydroxylation is 1. The van der Waals surface area contributed by atoms with E-state index < -0.39 is 16.1 Å². The molecule has 0 amide bonds. The van der Waals surface area contributed by atoms with Crippen LogP contribution >= 0.6 is 22.7 Å². The van der Waals surface area contributed by atoms with Gasteiger partial charge < -0.3 is 9.84 Å². The van der Waals surface area contributed by atoms with Gasteiger partial charge in [-0.25, -0.2) is 13.1 Å². The van der Waals surface area contributed by atoms with Crippen molar-refractivity contribution in [2.24, 2.45) is 0 Å². The van der Waals surface area contributed by atoms with Crippen LogP contribution in [0.25, 0.3) is 0 Å². The molecule has 0 saturated carbocycles. The Morgan fingerprint density at radius 3 is 2.65 bits per heavy atom. The molecule has 138 valence electrons. The Morgan fingerprint density at radius 2 is 2.00 bits per heavy atom. The van der Waals surface area contributed by atoms with Gasteiger partial charge in [-0.2, -0.15) is 0 Å². The maximum absolute atomic E-state index is 12.6. The fraction of sp³-hybridized carbons (Fsp3) is 0.222.